The number of ether oxygens (including phenoxy) is 3. The van der Waals surface area contributed by atoms with Crippen molar-refractivity contribution in [1.29, 1.82) is 0 Å². The Kier molecular flexibility index (Phi) is 11.8. The number of rotatable bonds is 16. The predicted octanol–water partition coefficient (Wildman–Crippen LogP) is 3.98. The highest BCUT2D eigenvalue weighted by Crippen LogP contribution is 2.44. The topological polar surface area (TPSA) is 144 Å². The van der Waals surface area contributed by atoms with Gasteiger partial charge in [-0.2, -0.15) is 0 Å². The van der Waals surface area contributed by atoms with Crippen LogP contribution in [0.1, 0.15) is 41.9 Å². The Bertz CT molecular complexity index is 1460. The highest BCUT2D eigenvalue weighted by atomic mass is 16.5. The number of carbonyl (C=O) groups is 4. The number of amides is 3. The molecule has 0 bridgehead atoms. The van der Waals surface area contributed by atoms with Gasteiger partial charge in [-0.15, -0.1) is 0 Å². The molecule has 0 aromatic heterocycles. The number of carbonyl (C=O) groups excluding carboxylic acids is 3. The van der Waals surface area contributed by atoms with Crippen molar-refractivity contribution in [2.24, 2.45) is 0 Å². The van der Waals surface area contributed by atoms with Gasteiger partial charge in [-0.25, -0.2) is 4.79 Å². The Morgan fingerprint density at radius 1 is 0.778 bits per heavy atom. The van der Waals surface area contributed by atoms with E-state index in [-0.39, 0.29) is 63.9 Å². The van der Waals surface area contributed by atoms with Crippen LogP contribution in [0.15, 0.2) is 66.7 Å². The Labute approximate surface area is 262 Å². The summed E-state index contributed by atoms with van der Waals surface area (Å²) in [5, 5.41) is 14.2. The number of carboxylic acids is 1. The second kappa shape index (κ2) is 16.1. The predicted molar refractivity (Wildman–Crippen MR) is 167 cm³/mol. The van der Waals surface area contributed by atoms with Gasteiger partial charge in [-0.1, -0.05) is 54.6 Å². The van der Waals surface area contributed by atoms with Crippen LogP contribution in [0.2, 0.25) is 0 Å². The van der Waals surface area contributed by atoms with E-state index in [2.05, 4.69) is 22.8 Å². The maximum atomic E-state index is 13.2. The molecule has 3 N–H and O–H groups in total. The van der Waals surface area contributed by atoms with Gasteiger partial charge in [0.05, 0.1) is 20.6 Å². The number of hydrogen-bond donors (Lipinski definition) is 3. The fraction of sp³-hybridized carbons (Fsp3) is 0.353. The first-order valence-electron chi connectivity index (χ1n) is 14.9. The number of methoxy groups -OCH3 is 2. The van der Waals surface area contributed by atoms with Crippen molar-refractivity contribution in [1.82, 2.24) is 15.5 Å². The second-order valence-corrected chi connectivity index (χ2v) is 10.6. The summed E-state index contributed by atoms with van der Waals surface area (Å²) in [5.74, 6) is -0.549. The average molecular weight is 618 g/mol. The van der Waals surface area contributed by atoms with Crippen molar-refractivity contribution in [3.8, 4) is 22.6 Å². The molecule has 3 amide bonds. The summed E-state index contributed by atoms with van der Waals surface area (Å²) in [5.41, 5.74) is 5.39. The Hall–Kier alpha value is -5.06. The molecule has 45 heavy (non-hydrogen) atoms. The first-order chi connectivity index (χ1) is 21.8. The number of aryl methyl sites for hydroxylation is 1. The van der Waals surface area contributed by atoms with Crippen molar-refractivity contribution < 1.29 is 38.5 Å². The summed E-state index contributed by atoms with van der Waals surface area (Å²) in [6.07, 6.45) is -0.375. The standard InChI is InChI=1S/C34H39N3O8/c1-43-29-13-11-23(21-30(29)44-2)12-15-32(39)37(19-17-35-31(38)14-16-33(40)41)20-18-36-34(42)45-22-28-26-9-5-3-7-24(26)25-8-4-6-10-27(25)28/h3-11,13,21,28H,12,14-20,22H2,1-2H3,(H,35,38)(H,36,42)(H,40,41). The van der Waals surface area contributed by atoms with Crippen LogP contribution >= 0.6 is 0 Å². The summed E-state index contributed by atoms with van der Waals surface area (Å²) in [6.45, 7) is 0.851. The molecule has 1 aliphatic carbocycles. The van der Waals surface area contributed by atoms with Gasteiger partial charge in [-0.3, -0.25) is 14.4 Å². The van der Waals surface area contributed by atoms with E-state index in [1.54, 1.807) is 25.2 Å². The number of nitrogens with zero attached hydrogens (tertiary/aromatic N) is 1. The van der Waals surface area contributed by atoms with E-state index < -0.39 is 18.0 Å². The van der Waals surface area contributed by atoms with E-state index in [1.165, 1.54) is 0 Å². The van der Waals surface area contributed by atoms with Crippen LogP contribution in [-0.4, -0.2) is 80.9 Å². The summed E-state index contributed by atoms with van der Waals surface area (Å²) in [7, 11) is 3.10. The third-order valence-corrected chi connectivity index (χ3v) is 7.69. The molecule has 0 saturated carbocycles. The number of hydrogen-bond acceptors (Lipinski definition) is 7. The third kappa shape index (κ3) is 8.98. The van der Waals surface area contributed by atoms with Crippen molar-refractivity contribution >= 4 is 23.9 Å². The van der Waals surface area contributed by atoms with Crippen molar-refractivity contribution in [2.45, 2.75) is 31.6 Å². The quantitative estimate of drug-likeness (QED) is 0.219. The van der Waals surface area contributed by atoms with Gasteiger partial charge in [0, 0.05) is 44.9 Å². The largest absolute Gasteiger partial charge is 0.493 e. The lowest BCUT2D eigenvalue weighted by Gasteiger charge is -2.23. The van der Waals surface area contributed by atoms with Crippen LogP contribution in [0.4, 0.5) is 4.79 Å². The Balaban J connectivity index is 1.30. The van der Waals surface area contributed by atoms with Crippen LogP contribution in [0.25, 0.3) is 11.1 Å². The van der Waals surface area contributed by atoms with Crippen LogP contribution in [0.3, 0.4) is 0 Å². The molecule has 11 heteroatoms. The van der Waals surface area contributed by atoms with E-state index >= 15 is 0 Å². The first kappa shape index (κ1) is 32.8. The minimum absolute atomic E-state index is 0.0671. The zero-order valence-electron chi connectivity index (χ0n) is 25.5. The Morgan fingerprint density at radius 3 is 2.02 bits per heavy atom. The van der Waals surface area contributed by atoms with Crippen molar-refractivity contribution in [2.75, 3.05) is 47.0 Å². The number of fused-ring (bicyclic) bond motifs is 3. The number of aliphatic carboxylic acids is 1. The summed E-state index contributed by atoms with van der Waals surface area (Å²) in [6, 6.07) is 21.6. The Morgan fingerprint density at radius 2 is 1.40 bits per heavy atom. The molecule has 0 atom stereocenters. The molecule has 4 rings (SSSR count). The molecule has 0 unspecified atom stereocenters. The summed E-state index contributed by atoms with van der Waals surface area (Å²) in [4.78, 5) is 50.2. The lowest BCUT2D eigenvalue weighted by molar-refractivity contribution is -0.138. The van der Waals surface area contributed by atoms with Crippen LogP contribution < -0.4 is 20.1 Å². The van der Waals surface area contributed by atoms with Crippen LogP contribution in [0, 0.1) is 0 Å². The number of carboxylic acid groups (broad SMARTS) is 1. The molecule has 0 fully saturated rings. The number of benzene rings is 3. The van der Waals surface area contributed by atoms with E-state index in [9.17, 15) is 19.2 Å². The normalized spacial score (nSPS) is 11.6. The van der Waals surface area contributed by atoms with Gasteiger partial charge in [-0.05, 0) is 46.4 Å². The lowest BCUT2D eigenvalue weighted by atomic mass is 9.98. The molecule has 0 spiro atoms. The van der Waals surface area contributed by atoms with Crippen molar-refractivity contribution in [3.63, 3.8) is 0 Å². The smallest absolute Gasteiger partial charge is 0.407 e. The number of alkyl carbamates (subject to hydrolysis) is 1. The zero-order valence-corrected chi connectivity index (χ0v) is 25.5. The van der Waals surface area contributed by atoms with Gasteiger partial charge < -0.3 is 34.9 Å². The van der Waals surface area contributed by atoms with Crippen LogP contribution in [-0.2, 0) is 25.5 Å². The van der Waals surface area contributed by atoms with E-state index in [4.69, 9.17) is 19.3 Å². The molecule has 0 heterocycles. The first-order valence-corrected chi connectivity index (χ1v) is 14.9. The van der Waals surface area contributed by atoms with E-state index in [0.29, 0.717) is 17.9 Å². The van der Waals surface area contributed by atoms with Crippen LogP contribution in [0.5, 0.6) is 11.5 Å². The van der Waals surface area contributed by atoms with Gasteiger partial charge >= 0.3 is 12.1 Å². The molecule has 3 aromatic rings. The minimum atomic E-state index is -1.06. The van der Waals surface area contributed by atoms with Gasteiger partial charge in [0.25, 0.3) is 0 Å². The van der Waals surface area contributed by atoms with Gasteiger partial charge in [0.1, 0.15) is 6.61 Å². The molecule has 0 saturated heterocycles. The van der Waals surface area contributed by atoms with E-state index in [0.717, 1.165) is 27.8 Å². The second-order valence-electron chi connectivity index (χ2n) is 10.6. The summed E-state index contributed by atoms with van der Waals surface area (Å²) < 4.78 is 16.2. The monoisotopic (exact) mass is 617 g/mol. The molecule has 1 aliphatic rings. The van der Waals surface area contributed by atoms with Gasteiger partial charge in [0.15, 0.2) is 11.5 Å². The molecule has 238 valence electrons. The zero-order chi connectivity index (χ0) is 32.2. The molecular formula is C34H39N3O8. The third-order valence-electron chi connectivity index (χ3n) is 7.69. The fourth-order valence-electron chi connectivity index (χ4n) is 5.39. The average Bonchev–Trinajstić information content (AvgIpc) is 3.37. The molecule has 0 radical (unpaired) electrons. The minimum Gasteiger partial charge on any atom is -0.493 e. The lowest BCUT2D eigenvalue weighted by Crippen LogP contribution is -2.43. The van der Waals surface area contributed by atoms with E-state index in [1.807, 2.05) is 48.5 Å². The fourth-order valence-corrected chi connectivity index (χ4v) is 5.39. The molecule has 0 aliphatic heterocycles. The molecule has 11 nitrogen and oxygen atoms in total. The summed E-state index contributed by atoms with van der Waals surface area (Å²) >= 11 is 0. The maximum Gasteiger partial charge on any atom is 0.407 e. The SMILES string of the molecule is COc1ccc(CCC(=O)N(CCNC(=O)CCC(=O)O)CCNC(=O)OCC2c3ccccc3-c3ccccc32)cc1OC. The van der Waals surface area contributed by atoms with Crippen molar-refractivity contribution in [3.05, 3.63) is 83.4 Å². The number of nitrogens with one attached hydrogen (secondary N) is 2. The van der Waals surface area contributed by atoms with Gasteiger partial charge in [0.2, 0.25) is 11.8 Å². The highest BCUT2D eigenvalue weighted by molar-refractivity contribution is 5.81. The highest BCUT2D eigenvalue weighted by Gasteiger charge is 2.29. The molecular weight excluding hydrogens is 578 g/mol. The molecule has 3 aromatic carbocycles. The maximum absolute atomic E-state index is 13.2.